The van der Waals surface area contributed by atoms with Crippen molar-refractivity contribution in [2.75, 3.05) is 11.9 Å². The quantitative estimate of drug-likeness (QED) is 0.858. The van der Waals surface area contributed by atoms with Crippen molar-refractivity contribution < 1.29 is 14.3 Å². The molecule has 0 bridgehead atoms. The second-order valence-electron chi connectivity index (χ2n) is 5.40. The van der Waals surface area contributed by atoms with Crippen LogP contribution >= 0.6 is 0 Å². The molecule has 0 radical (unpaired) electrons. The molecule has 1 heterocycles. The molecule has 0 spiro atoms. The monoisotopic (exact) mass is 274 g/mol. The molecule has 0 unspecified atom stereocenters. The van der Waals surface area contributed by atoms with Gasteiger partial charge >= 0.3 is 0 Å². The summed E-state index contributed by atoms with van der Waals surface area (Å²) in [5.74, 6) is 1.10. The Kier molecular flexibility index (Phi) is 3.58. The zero-order valence-electron chi connectivity index (χ0n) is 11.2. The molecule has 1 saturated heterocycles. The summed E-state index contributed by atoms with van der Waals surface area (Å²) >= 11 is 0. The molecule has 5 heteroatoms. The number of benzene rings is 1. The number of para-hydroxylation sites is 2. The molecule has 1 atom stereocenters. The van der Waals surface area contributed by atoms with E-state index in [4.69, 9.17) is 4.74 Å². The predicted octanol–water partition coefficient (Wildman–Crippen LogP) is 1.69. The van der Waals surface area contributed by atoms with Gasteiger partial charge in [-0.15, -0.1) is 0 Å². The third kappa shape index (κ3) is 3.10. The summed E-state index contributed by atoms with van der Waals surface area (Å²) < 4.78 is 5.74. The van der Waals surface area contributed by atoms with Crippen molar-refractivity contribution in [3.05, 3.63) is 24.3 Å². The molecule has 1 aromatic carbocycles. The van der Waals surface area contributed by atoms with Crippen LogP contribution in [0.2, 0.25) is 0 Å². The van der Waals surface area contributed by atoms with Gasteiger partial charge < -0.3 is 15.4 Å². The summed E-state index contributed by atoms with van der Waals surface area (Å²) in [6, 6.07) is 6.98. The molecule has 2 fully saturated rings. The lowest BCUT2D eigenvalue weighted by Gasteiger charge is -2.14. The number of amides is 2. The molecule has 0 aromatic heterocycles. The lowest BCUT2D eigenvalue weighted by atomic mass is 10.2. The van der Waals surface area contributed by atoms with Crippen LogP contribution in [0.1, 0.15) is 25.7 Å². The summed E-state index contributed by atoms with van der Waals surface area (Å²) in [5.41, 5.74) is 0.666. The van der Waals surface area contributed by atoms with Crippen LogP contribution in [0.3, 0.4) is 0 Å². The zero-order valence-corrected chi connectivity index (χ0v) is 11.2. The predicted molar refractivity (Wildman–Crippen MR) is 74.5 cm³/mol. The van der Waals surface area contributed by atoms with E-state index in [2.05, 4.69) is 10.6 Å². The van der Waals surface area contributed by atoms with Gasteiger partial charge in [0.1, 0.15) is 11.8 Å². The molecule has 1 aliphatic carbocycles. The fraction of sp³-hybridized carbons (Fsp3) is 0.467. The first-order valence-corrected chi connectivity index (χ1v) is 7.04. The number of carbonyl (C=O) groups is 2. The fourth-order valence-electron chi connectivity index (χ4n) is 2.22. The Morgan fingerprint density at radius 2 is 2.10 bits per heavy atom. The van der Waals surface area contributed by atoms with Crippen LogP contribution in [-0.4, -0.2) is 24.5 Å². The summed E-state index contributed by atoms with van der Waals surface area (Å²) in [5, 5.41) is 5.50. The maximum atomic E-state index is 12.1. The van der Waals surface area contributed by atoms with Crippen molar-refractivity contribution in [3.8, 4) is 5.75 Å². The fourth-order valence-corrected chi connectivity index (χ4v) is 2.22. The van der Waals surface area contributed by atoms with Gasteiger partial charge in [-0.05, 0) is 37.3 Å². The van der Waals surface area contributed by atoms with Crippen LogP contribution in [0.4, 0.5) is 5.69 Å². The highest BCUT2D eigenvalue weighted by molar-refractivity contribution is 5.99. The van der Waals surface area contributed by atoms with E-state index < -0.39 is 6.04 Å². The van der Waals surface area contributed by atoms with Crippen molar-refractivity contribution >= 4 is 17.5 Å². The number of anilines is 1. The lowest BCUT2D eigenvalue weighted by Crippen LogP contribution is -2.37. The second-order valence-corrected chi connectivity index (χ2v) is 5.40. The summed E-state index contributed by atoms with van der Waals surface area (Å²) in [6.45, 7) is 0.701. The van der Waals surface area contributed by atoms with Crippen molar-refractivity contribution in [2.45, 2.75) is 31.7 Å². The normalized spacial score (nSPS) is 21.4. The number of hydrogen-bond acceptors (Lipinski definition) is 3. The minimum atomic E-state index is -0.431. The van der Waals surface area contributed by atoms with Gasteiger partial charge in [-0.1, -0.05) is 12.1 Å². The molecule has 1 aliphatic heterocycles. The zero-order chi connectivity index (χ0) is 13.9. The van der Waals surface area contributed by atoms with Crippen LogP contribution in [-0.2, 0) is 9.59 Å². The van der Waals surface area contributed by atoms with Crippen molar-refractivity contribution in [1.29, 1.82) is 0 Å². The molecular formula is C15H18N2O3. The van der Waals surface area contributed by atoms with Crippen LogP contribution < -0.4 is 15.4 Å². The third-order valence-corrected chi connectivity index (χ3v) is 3.63. The van der Waals surface area contributed by atoms with Gasteiger partial charge in [-0.3, -0.25) is 9.59 Å². The van der Waals surface area contributed by atoms with Crippen molar-refractivity contribution in [3.63, 3.8) is 0 Å². The standard InChI is InChI=1S/C15H18N2O3/c18-14-8-7-12(16-14)15(19)17-11-3-1-2-4-13(11)20-9-10-5-6-10/h1-4,10,12H,5-9H2,(H,16,18)(H,17,19)/t12-/m0/s1. The molecule has 2 N–H and O–H groups in total. The van der Waals surface area contributed by atoms with Gasteiger partial charge in [0.05, 0.1) is 12.3 Å². The molecule has 106 valence electrons. The maximum absolute atomic E-state index is 12.1. The van der Waals surface area contributed by atoms with Gasteiger partial charge in [-0.2, -0.15) is 0 Å². The first-order chi connectivity index (χ1) is 9.72. The minimum Gasteiger partial charge on any atom is -0.491 e. The Morgan fingerprint density at radius 1 is 1.30 bits per heavy atom. The number of ether oxygens (including phenoxy) is 1. The number of carbonyl (C=O) groups excluding carboxylic acids is 2. The van der Waals surface area contributed by atoms with Gasteiger partial charge in [0.25, 0.3) is 0 Å². The molecule has 1 aromatic rings. The average Bonchev–Trinajstić information content (AvgIpc) is 3.18. The lowest BCUT2D eigenvalue weighted by molar-refractivity contribution is -0.122. The van der Waals surface area contributed by atoms with E-state index >= 15 is 0 Å². The van der Waals surface area contributed by atoms with E-state index in [9.17, 15) is 9.59 Å². The largest absolute Gasteiger partial charge is 0.491 e. The highest BCUT2D eigenvalue weighted by atomic mass is 16.5. The summed E-state index contributed by atoms with van der Waals surface area (Å²) in [7, 11) is 0. The van der Waals surface area contributed by atoms with Gasteiger partial charge in [0.2, 0.25) is 11.8 Å². The number of hydrogen-bond donors (Lipinski definition) is 2. The number of rotatable bonds is 5. The van der Waals surface area contributed by atoms with E-state index in [0.29, 0.717) is 36.8 Å². The Labute approximate surface area is 117 Å². The topological polar surface area (TPSA) is 67.4 Å². The highest BCUT2D eigenvalue weighted by Gasteiger charge is 2.28. The minimum absolute atomic E-state index is 0.0663. The Bertz CT molecular complexity index is 526. The summed E-state index contributed by atoms with van der Waals surface area (Å²) in [6.07, 6.45) is 3.42. The molecule has 2 aliphatic rings. The van der Waals surface area contributed by atoms with Gasteiger partial charge in [0.15, 0.2) is 0 Å². The second kappa shape index (κ2) is 5.53. The first kappa shape index (κ1) is 13.0. The Hall–Kier alpha value is -2.04. The Morgan fingerprint density at radius 3 is 2.80 bits per heavy atom. The molecule has 3 rings (SSSR count). The van der Waals surface area contributed by atoms with E-state index in [1.54, 1.807) is 0 Å². The molecule has 5 nitrogen and oxygen atoms in total. The molecule has 2 amide bonds. The van der Waals surface area contributed by atoms with Crippen LogP contribution in [0.25, 0.3) is 0 Å². The SMILES string of the molecule is O=C1CC[C@@H](C(=O)Nc2ccccc2OCC2CC2)N1. The van der Waals surface area contributed by atoms with Gasteiger partial charge in [-0.25, -0.2) is 0 Å². The van der Waals surface area contributed by atoms with Crippen molar-refractivity contribution in [2.24, 2.45) is 5.92 Å². The van der Waals surface area contributed by atoms with Crippen molar-refractivity contribution in [1.82, 2.24) is 5.32 Å². The Balaban J connectivity index is 1.63. The third-order valence-electron chi connectivity index (χ3n) is 3.63. The summed E-state index contributed by atoms with van der Waals surface area (Å²) in [4.78, 5) is 23.2. The van der Waals surface area contributed by atoms with Crippen LogP contribution in [0, 0.1) is 5.92 Å². The average molecular weight is 274 g/mol. The van der Waals surface area contributed by atoms with E-state index in [0.717, 1.165) is 0 Å². The van der Waals surface area contributed by atoms with Crippen LogP contribution in [0.15, 0.2) is 24.3 Å². The molecule has 1 saturated carbocycles. The highest BCUT2D eigenvalue weighted by Crippen LogP contribution is 2.31. The van der Waals surface area contributed by atoms with Gasteiger partial charge in [0, 0.05) is 6.42 Å². The van der Waals surface area contributed by atoms with E-state index in [1.807, 2.05) is 24.3 Å². The first-order valence-electron chi connectivity index (χ1n) is 7.04. The molecular weight excluding hydrogens is 256 g/mol. The van der Waals surface area contributed by atoms with Crippen LogP contribution in [0.5, 0.6) is 5.75 Å². The smallest absolute Gasteiger partial charge is 0.247 e. The molecule has 20 heavy (non-hydrogen) atoms. The number of nitrogens with one attached hydrogen (secondary N) is 2. The van der Waals surface area contributed by atoms with E-state index in [1.165, 1.54) is 12.8 Å². The van der Waals surface area contributed by atoms with E-state index in [-0.39, 0.29) is 11.8 Å². The maximum Gasteiger partial charge on any atom is 0.247 e.